The van der Waals surface area contributed by atoms with Crippen LogP contribution in [0, 0.1) is 23.7 Å². The zero-order valence-electron chi connectivity index (χ0n) is 20.8. The Kier molecular flexibility index (Phi) is 6.35. The van der Waals surface area contributed by atoms with Crippen LogP contribution < -0.4 is 0 Å². The average Bonchev–Trinajstić information content (AvgIpc) is 3.40. The number of ether oxygens (including phenoxy) is 6. The Morgan fingerprint density at radius 1 is 1.16 bits per heavy atom. The highest BCUT2D eigenvalue weighted by Crippen LogP contribution is 2.60. The van der Waals surface area contributed by atoms with Crippen LogP contribution in [0.5, 0.6) is 0 Å². The summed E-state index contributed by atoms with van der Waals surface area (Å²) in [4.78, 5) is 25.6. The molecule has 0 bridgehead atoms. The summed E-state index contributed by atoms with van der Waals surface area (Å²) in [6.45, 7) is 2.74. The molecule has 5 N–H and O–H groups in total. The van der Waals surface area contributed by atoms with E-state index in [1.807, 2.05) is 6.92 Å². The van der Waals surface area contributed by atoms with E-state index in [2.05, 4.69) is 0 Å². The number of carbonyl (C=O) groups is 2. The van der Waals surface area contributed by atoms with Crippen LogP contribution in [0.3, 0.4) is 0 Å². The summed E-state index contributed by atoms with van der Waals surface area (Å²) >= 11 is 0. The maximum absolute atomic E-state index is 13.3. The van der Waals surface area contributed by atoms with Crippen LogP contribution >= 0.6 is 0 Å². The lowest BCUT2D eigenvalue weighted by molar-refractivity contribution is -0.344. The van der Waals surface area contributed by atoms with E-state index >= 15 is 0 Å². The third kappa shape index (κ3) is 3.83. The van der Waals surface area contributed by atoms with Crippen LogP contribution in [0.15, 0.2) is 23.5 Å². The Labute approximate surface area is 217 Å². The standard InChI is InChI=1S/C25H32O13/c1-8-12(27)5-10-11(7-34-22(32)14(8)10)21(31)36-19-9-3-4-33-23(15(9)25(2)20(19)38-25)37-24-18(30)17(29)16(28)13(6-26)35-24/h3-4,9-13,15-20,23-24,26-30H,5-7H2,1-2H3/t9?,10-,11?,12?,13+,15+,16+,17-,18+,19-,20-,23-,24-,25+/m0/s1. The summed E-state index contributed by atoms with van der Waals surface area (Å²) in [5.74, 6) is -3.20. The molecule has 3 saturated heterocycles. The molecule has 38 heavy (non-hydrogen) atoms. The van der Waals surface area contributed by atoms with Gasteiger partial charge in [0.25, 0.3) is 0 Å². The van der Waals surface area contributed by atoms with Gasteiger partial charge in [-0.05, 0) is 31.9 Å². The molecule has 0 aromatic heterocycles. The number of aliphatic hydroxyl groups is 5. The van der Waals surface area contributed by atoms with Crippen molar-refractivity contribution in [2.24, 2.45) is 23.7 Å². The van der Waals surface area contributed by atoms with Gasteiger partial charge in [-0.3, -0.25) is 4.79 Å². The second kappa shape index (κ2) is 9.24. The number of esters is 2. The molecule has 0 spiro atoms. The highest BCUT2D eigenvalue weighted by molar-refractivity contribution is 5.93. The summed E-state index contributed by atoms with van der Waals surface area (Å²) in [6.07, 6.45) is -6.94. The van der Waals surface area contributed by atoms with E-state index in [9.17, 15) is 35.1 Å². The first-order chi connectivity index (χ1) is 18.1. The molecule has 4 fully saturated rings. The first kappa shape index (κ1) is 26.1. The Hall–Kier alpha value is -2.10. The molecule has 2 aliphatic carbocycles. The summed E-state index contributed by atoms with van der Waals surface area (Å²) in [7, 11) is 0. The fourth-order valence-corrected chi connectivity index (χ4v) is 6.74. The third-order valence-electron chi connectivity index (χ3n) is 8.99. The first-order valence-electron chi connectivity index (χ1n) is 12.8. The van der Waals surface area contributed by atoms with Crippen LogP contribution in [0.25, 0.3) is 0 Å². The molecular formula is C25H32O13. The van der Waals surface area contributed by atoms with Gasteiger partial charge in [-0.25, -0.2) is 4.79 Å². The Morgan fingerprint density at radius 3 is 2.66 bits per heavy atom. The van der Waals surface area contributed by atoms with Gasteiger partial charge in [0.05, 0.1) is 30.8 Å². The van der Waals surface area contributed by atoms with Crippen molar-refractivity contribution in [1.29, 1.82) is 0 Å². The maximum Gasteiger partial charge on any atom is 0.334 e. The first-order valence-corrected chi connectivity index (χ1v) is 12.8. The molecule has 4 aliphatic heterocycles. The number of rotatable bonds is 5. The molecule has 0 amide bonds. The van der Waals surface area contributed by atoms with Gasteiger partial charge in [0.1, 0.15) is 48.8 Å². The van der Waals surface area contributed by atoms with Gasteiger partial charge in [0.2, 0.25) is 6.29 Å². The molecule has 4 heterocycles. The molecule has 1 saturated carbocycles. The maximum atomic E-state index is 13.3. The molecule has 14 atom stereocenters. The van der Waals surface area contributed by atoms with Crippen LogP contribution in [0.2, 0.25) is 0 Å². The molecular weight excluding hydrogens is 508 g/mol. The average molecular weight is 541 g/mol. The molecule has 210 valence electrons. The Bertz CT molecular complexity index is 1060. The van der Waals surface area contributed by atoms with E-state index in [1.165, 1.54) is 6.26 Å². The number of aliphatic hydroxyl groups excluding tert-OH is 5. The van der Waals surface area contributed by atoms with Gasteiger partial charge < -0.3 is 54.0 Å². The Balaban J connectivity index is 1.17. The molecule has 0 aromatic carbocycles. The lowest BCUT2D eigenvalue weighted by atomic mass is 9.84. The zero-order valence-corrected chi connectivity index (χ0v) is 20.8. The fourth-order valence-electron chi connectivity index (χ4n) is 6.74. The second-order valence-corrected chi connectivity index (χ2v) is 11.1. The van der Waals surface area contributed by atoms with Gasteiger partial charge in [-0.1, -0.05) is 0 Å². The van der Waals surface area contributed by atoms with Gasteiger partial charge >= 0.3 is 11.9 Å². The minimum Gasteiger partial charge on any atom is -0.472 e. The van der Waals surface area contributed by atoms with Crippen molar-refractivity contribution in [3.8, 4) is 0 Å². The monoisotopic (exact) mass is 540 g/mol. The largest absolute Gasteiger partial charge is 0.472 e. The van der Waals surface area contributed by atoms with Crippen molar-refractivity contribution >= 4 is 11.9 Å². The fraction of sp³-hybridized carbons (Fsp3) is 0.760. The normalized spacial score (nSPS) is 51.0. The van der Waals surface area contributed by atoms with Crippen LogP contribution in [0.4, 0.5) is 0 Å². The quantitative estimate of drug-likeness (QED) is 0.187. The topological polar surface area (TPSA) is 194 Å². The summed E-state index contributed by atoms with van der Waals surface area (Å²) in [5.41, 5.74) is 0.0576. The van der Waals surface area contributed by atoms with Gasteiger partial charge in [0, 0.05) is 17.4 Å². The number of hydrogen-bond donors (Lipinski definition) is 5. The van der Waals surface area contributed by atoms with Crippen molar-refractivity contribution in [3.63, 3.8) is 0 Å². The van der Waals surface area contributed by atoms with Crippen molar-refractivity contribution in [3.05, 3.63) is 23.5 Å². The van der Waals surface area contributed by atoms with Crippen molar-refractivity contribution in [1.82, 2.24) is 0 Å². The van der Waals surface area contributed by atoms with Crippen LogP contribution in [-0.4, -0.2) is 112 Å². The summed E-state index contributed by atoms with van der Waals surface area (Å²) in [5, 5.41) is 50.3. The van der Waals surface area contributed by atoms with Gasteiger partial charge in [-0.2, -0.15) is 0 Å². The van der Waals surface area contributed by atoms with E-state index in [-0.39, 0.29) is 18.9 Å². The predicted molar refractivity (Wildman–Crippen MR) is 120 cm³/mol. The molecule has 3 unspecified atom stereocenters. The minimum absolute atomic E-state index is 0.142. The lowest BCUT2D eigenvalue weighted by Gasteiger charge is -2.43. The summed E-state index contributed by atoms with van der Waals surface area (Å²) < 4.78 is 34.2. The van der Waals surface area contributed by atoms with Crippen molar-refractivity contribution in [2.45, 2.75) is 81.2 Å². The summed E-state index contributed by atoms with van der Waals surface area (Å²) in [6, 6.07) is 0. The molecule has 13 heteroatoms. The van der Waals surface area contributed by atoms with Crippen molar-refractivity contribution < 1.29 is 63.5 Å². The molecule has 0 aromatic rings. The van der Waals surface area contributed by atoms with E-state index in [1.54, 1.807) is 13.0 Å². The SMILES string of the molecule is CC1=C2C(=O)OCC(C(=O)O[C@H]3C4C=CO[C@@H](O[C@@H]5O[C@H](CO)[C@@H](O)[C@H](O)[C@H]5O)[C@@H]4[C@@]4(C)O[C@@H]34)[C@@H]2CC1O. The smallest absolute Gasteiger partial charge is 0.334 e. The minimum atomic E-state index is -1.61. The highest BCUT2D eigenvalue weighted by atomic mass is 16.8. The zero-order chi connectivity index (χ0) is 27.1. The van der Waals surface area contributed by atoms with E-state index in [4.69, 9.17) is 28.4 Å². The third-order valence-corrected chi connectivity index (χ3v) is 8.99. The highest BCUT2D eigenvalue weighted by Gasteiger charge is 2.75. The van der Waals surface area contributed by atoms with Gasteiger partial charge in [-0.15, -0.1) is 0 Å². The Morgan fingerprint density at radius 2 is 1.92 bits per heavy atom. The van der Waals surface area contributed by atoms with E-state index in [0.29, 0.717) is 11.1 Å². The number of fused-ring (bicyclic) bond motifs is 4. The number of carbonyl (C=O) groups excluding carboxylic acids is 2. The van der Waals surface area contributed by atoms with E-state index in [0.717, 1.165) is 0 Å². The molecule has 6 rings (SSSR count). The lowest BCUT2D eigenvalue weighted by Crippen LogP contribution is -2.60. The van der Waals surface area contributed by atoms with Crippen LogP contribution in [0.1, 0.15) is 20.3 Å². The second-order valence-electron chi connectivity index (χ2n) is 11.1. The molecule has 6 aliphatic rings. The number of cyclic esters (lactones) is 1. The molecule has 0 radical (unpaired) electrons. The van der Waals surface area contributed by atoms with Crippen molar-refractivity contribution in [2.75, 3.05) is 13.2 Å². The van der Waals surface area contributed by atoms with Crippen LogP contribution in [-0.2, 0) is 38.0 Å². The number of epoxide rings is 1. The predicted octanol–water partition coefficient (Wildman–Crippen LogP) is -2.14. The van der Waals surface area contributed by atoms with Gasteiger partial charge in [0.15, 0.2) is 6.29 Å². The van der Waals surface area contributed by atoms with E-state index < -0.39 is 97.2 Å². The molecule has 13 nitrogen and oxygen atoms in total. The number of hydrogen-bond acceptors (Lipinski definition) is 13.